The maximum atomic E-state index is 13.1. The van der Waals surface area contributed by atoms with Gasteiger partial charge in [0.15, 0.2) is 0 Å². The van der Waals surface area contributed by atoms with E-state index in [0.29, 0.717) is 5.56 Å². The zero-order chi connectivity index (χ0) is 17.6. The van der Waals surface area contributed by atoms with Crippen LogP contribution in [-0.4, -0.2) is 20.2 Å². The summed E-state index contributed by atoms with van der Waals surface area (Å²) in [6.45, 7) is 1.95. The molecule has 2 heterocycles. The van der Waals surface area contributed by atoms with Crippen LogP contribution in [0.15, 0.2) is 30.3 Å². The van der Waals surface area contributed by atoms with E-state index in [1.807, 2.05) is 13.0 Å². The van der Waals surface area contributed by atoms with Gasteiger partial charge in [0.05, 0.1) is 0 Å². The van der Waals surface area contributed by atoms with E-state index in [-0.39, 0.29) is 30.8 Å². The Balaban J connectivity index is 1.47. The van der Waals surface area contributed by atoms with E-state index in [9.17, 15) is 13.6 Å². The summed E-state index contributed by atoms with van der Waals surface area (Å²) in [7, 11) is 0. The maximum absolute atomic E-state index is 13.1. The van der Waals surface area contributed by atoms with E-state index in [4.69, 9.17) is 4.84 Å². The zero-order valence-corrected chi connectivity index (χ0v) is 16.4. The molecule has 4 rings (SSSR count). The molecule has 2 aliphatic rings. The summed E-state index contributed by atoms with van der Waals surface area (Å²) >= 11 is 1.05. The molecule has 1 aliphatic carbocycles. The third-order valence-corrected chi connectivity index (χ3v) is 8.92. The van der Waals surface area contributed by atoms with E-state index in [2.05, 4.69) is 4.98 Å². The molecule has 1 aromatic heterocycles. The van der Waals surface area contributed by atoms with Gasteiger partial charge in [-0.3, -0.25) is 0 Å². The van der Waals surface area contributed by atoms with Crippen molar-refractivity contribution in [3.8, 4) is 0 Å². The molecule has 0 N–H and O–H groups in total. The molecule has 1 atom stereocenters. The van der Waals surface area contributed by atoms with Crippen LogP contribution in [-0.2, 0) is 9.27 Å². The monoisotopic (exact) mass is 477 g/mol. The molecule has 8 heteroatoms. The van der Waals surface area contributed by atoms with Gasteiger partial charge in [0.2, 0.25) is 0 Å². The number of hydrogen-bond acceptors (Lipinski definition) is 5. The Morgan fingerprint density at radius 2 is 2.08 bits per heavy atom. The van der Waals surface area contributed by atoms with E-state index in [1.165, 1.54) is 0 Å². The Morgan fingerprint density at radius 1 is 1.36 bits per heavy atom. The van der Waals surface area contributed by atoms with Crippen molar-refractivity contribution in [3.63, 3.8) is 0 Å². The molecule has 2 aromatic rings. The molecule has 0 spiro atoms. The van der Waals surface area contributed by atoms with Gasteiger partial charge in [-0.25, -0.2) is 0 Å². The van der Waals surface area contributed by atoms with E-state index in [1.54, 1.807) is 38.9 Å². The van der Waals surface area contributed by atoms with Crippen molar-refractivity contribution < 1.29 is 39.9 Å². The summed E-state index contributed by atoms with van der Waals surface area (Å²) in [4.78, 5) is 23.6. The van der Waals surface area contributed by atoms with Crippen LogP contribution in [0.1, 0.15) is 57.7 Å². The molecular weight excluding hydrogens is 461 g/mol. The van der Waals surface area contributed by atoms with Gasteiger partial charge in [0.25, 0.3) is 0 Å². The van der Waals surface area contributed by atoms with Gasteiger partial charge < -0.3 is 0 Å². The number of alkyl halides is 3. The van der Waals surface area contributed by atoms with E-state index < -0.39 is 27.4 Å². The molecule has 0 unspecified atom stereocenters. The Hall–Kier alpha value is -1.13. The third kappa shape index (κ3) is 3.43. The first-order chi connectivity index (χ1) is 11.9. The molecule has 134 valence electrons. The van der Waals surface area contributed by atoms with Gasteiger partial charge in [-0.2, -0.15) is 0 Å². The van der Waals surface area contributed by atoms with Crippen LogP contribution in [0.25, 0.3) is 0 Å². The van der Waals surface area contributed by atoms with E-state index in [0.717, 1.165) is 20.0 Å². The van der Waals surface area contributed by atoms with Crippen molar-refractivity contribution in [1.82, 2.24) is 8.26 Å². The summed E-state index contributed by atoms with van der Waals surface area (Å²) in [6.07, 6.45) is -0.203. The summed E-state index contributed by atoms with van der Waals surface area (Å²) in [6, 6.07) is 8.75. The van der Waals surface area contributed by atoms with Crippen molar-refractivity contribution >= 4 is 17.3 Å². The molecule has 0 bridgehead atoms. The second-order valence-electron chi connectivity index (χ2n) is 6.27. The van der Waals surface area contributed by atoms with Crippen LogP contribution in [0.5, 0.6) is 0 Å². The van der Waals surface area contributed by atoms with Gasteiger partial charge in [-0.15, -0.1) is 0 Å². The number of thiazole rings is 1. The van der Waals surface area contributed by atoms with Crippen molar-refractivity contribution in [1.29, 1.82) is 0 Å². The van der Waals surface area contributed by atoms with Gasteiger partial charge in [0.1, 0.15) is 0 Å². The number of nitrogens with zero attached hydrogens (tertiary/aromatic N) is 2. The topological polar surface area (TPSA) is 42.4 Å². The molecular formula is C17H16F2IN2O2S-. The molecule has 25 heavy (non-hydrogen) atoms. The number of benzene rings is 1. The summed E-state index contributed by atoms with van der Waals surface area (Å²) in [5, 5.41) is 0.808. The van der Waals surface area contributed by atoms with Crippen LogP contribution in [0.3, 0.4) is 0 Å². The quantitative estimate of drug-likeness (QED) is 0.380. The first-order valence-corrected chi connectivity index (χ1v) is 11.3. The van der Waals surface area contributed by atoms with Crippen LogP contribution in [0.4, 0.5) is 8.78 Å². The number of hydrogen-bond donors (Lipinski definition) is 0. The van der Waals surface area contributed by atoms with Gasteiger partial charge in [0, 0.05) is 0 Å². The first-order valence-electron chi connectivity index (χ1n) is 7.96. The summed E-state index contributed by atoms with van der Waals surface area (Å²) < 4.78 is 28.8. The molecule has 0 radical (unpaired) electrons. The second-order valence-corrected chi connectivity index (χ2v) is 9.78. The number of aromatic nitrogens is 1. The zero-order valence-electron chi connectivity index (χ0n) is 13.4. The first kappa shape index (κ1) is 17.3. The van der Waals surface area contributed by atoms with Crippen LogP contribution >= 0.6 is 11.3 Å². The van der Waals surface area contributed by atoms with Crippen LogP contribution in [0.2, 0.25) is 0 Å². The van der Waals surface area contributed by atoms with Gasteiger partial charge in [-0.1, -0.05) is 0 Å². The predicted octanol–water partition coefficient (Wildman–Crippen LogP) is 1.31. The average Bonchev–Trinajstić information content (AvgIpc) is 3.00. The van der Waals surface area contributed by atoms with Crippen LogP contribution < -0.4 is 21.5 Å². The number of hydroxylamine groups is 1. The SMILES string of the molecule is C[C@H]1c2nc(C3CC(F)(F)C3)sc2C[I-]N1OC(=O)c1ccccc1. The fraction of sp³-hybridized carbons (Fsp3) is 0.412. The summed E-state index contributed by atoms with van der Waals surface area (Å²) in [5.41, 5.74) is 1.39. The standard InChI is InChI=1S/C17H16F2IN2O2S/c1-10-14-13(25-15(21-14)12-7-17(18,19)8-12)9-20-22(10)24-16(23)11-5-3-2-4-6-11/h2-6,10,12H,7-9H2,1H3/q-1/t10-/m0/s1. The average molecular weight is 477 g/mol. The van der Waals surface area contributed by atoms with Crippen molar-refractivity contribution in [2.45, 2.75) is 42.1 Å². The molecule has 0 amide bonds. The number of halogens is 3. The molecule has 1 fully saturated rings. The number of carbonyl (C=O) groups excluding carboxylic acids is 1. The Morgan fingerprint density at radius 3 is 2.76 bits per heavy atom. The van der Waals surface area contributed by atoms with Crippen molar-refractivity contribution in [3.05, 3.63) is 51.5 Å². The third-order valence-electron chi connectivity index (χ3n) is 4.36. The van der Waals surface area contributed by atoms with Crippen molar-refractivity contribution in [2.75, 3.05) is 0 Å². The fourth-order valence-corrected chi connectivity index (χ4v) is 7.05. The Kier molecular flexibility index (Phi) is 4.53. The number of fused-ring (bicyclic) bond motifs is 1. The van der Waals surface area contributed by atoms with Crippen LogP contribution in [0, 0.1) is 0 Å². The number of carbonyl (C=O) groups is 1. The predicted molar refractivity (Wildman–Crippen MR) is 84.9 cm³/mol. The minimum absolute atomic E-state index is 0.102. The van der Waals surface area contributed by atoms with Gasteiger partial charge in [-0.05, 0) is 0 Å². The fourth-order valence-electron chi connectivity index (χ4n) is 2.94. The second kappa shape index (κ2) is 6.55. The normalized spacial score (nSPS) is 23.2. The molecule has 1 saturated carbocycles. The molecule has 4 nitrogen and oxygen atoms in total. The number of rotatable bonds is 3. The molecule has 1 aromatic carbocycles. The minimum atomic E-state index is -2.54. The Bertz CT molecular complexity index is 791. The van der Waals surface area contributed by atoms with E-state index >= 15 is 0 Å². The molecule has 0 saturated heterocycles. The summed E-state index contributed by atoms with van der Waals surface area (Å²) in [5.74, 6) is -3.03. The van der Waals surface area contributed by atoms with Crippen molar-refractivity contribution in [2.24, 2.45) is 0 Å². The Labute approximate surface area is 158 Å². The van der Waals surface area contributed by atoms with Gasteiger partial charge >= 0.3 is 159 Å². The molecule has 1 aliphatic heterocycles.